The Kier molecular flexibility index (Phi) is 5.37. The maximum Gasteiger partial charge on any atom is 0.224 e. The van der Waals surface area contributed by atoms with Crippen LogP contribution >= 0.6 is 11.6 Å². The molecule has 2 rings (SSSR count). The summed E-state index contributed by atoms with van der Waals surface area (Å²) in [6.45, 7) is 1.86. The molecule has 0 aromatic heterocycles. The van der Waals surface area contributed by atoms with Crippen LogP contribution in [0, 0.1) is 6.92 Å². The highest BCUT2D eigenvalue weighted by Crippen LogP contribution is 2.18. The summed E-state index contributed by atoms with van der Waals surface area (Å²) in [4.78, 5) is 12.0. The third kappa shape index (κ3) is 4.31. The van der Waals surface area contributed by atoms with Crippen molar-refractivity contribution in [2.24, 2.45) is 0 Å². The van der Waals surface area contributed by atoms with Crippen molar-refractivity contribution in [2.75, 3.05) is 5.32 Å². The fourth-order valence-corrected chi connectivity index (χ4v) is 2.25. The van der Waals surface area contributed by atoms with Gasteiger partial charge in [0.05, 0.1) is 6.61 Å². The minimum Gasteiger partial charge on any atom is -0.392 e. The van der Waals surface area contributed by atoms with Crippen molar-refractivity contribution >= 4 is 23.2 Å². The molecule has 0 bridgehead atoms. The van der Waals surface area contributed by atoms with Crippen LogP contribution in [-0.2, 0) is 17.8 Å². The number of aliphatic hydroxyl groups excluding tert-OH is 1. The highest BCUT2D eigenvalue weighted by atomic mass is 35.5. The van der Waals surface area contributed by atoms with E-state index in [1.807, 2.05) is 37.3 Å². The second-order valence-corrected chi connectivity index (χ2v) is 5.35. The molecule has 21 heavy (non-hydrogen) atoms. The zero-order chi connectivity index (χ0) is 15.2. The van der Waals surface area contributed by atoms with E-state index in [0.717, 1.165) is 16.1 Å². The minimum absolute atomic E-state index is 0.0763. The average Bonchev–Trinajstić information content (AvgIpc) is 2.49. The normalized spacial score (nSPS) is 10.4. The maximum atomic E-state index is 12.0. The van der Waals surface area contributed by atoms with Crippen LogP contribution in [0.25, 0.3) is 0 Å². The summed E-state index contributed by atoms with van der Waals surface area (Å²) in [5.74, 6) is -0.0763. The van der Waals surface area contributed by atoms with Gasteiger partial charge in [-0.2, -0.15) is 0 Å². The van der Waals surface area contributed by atoms with Gasteiger partial charge < -0.3 is 10.4 Å². The monoisotopic (exact) mass is 303 g/mol. The third-order valence-corrected chi connectivity index (χ3v) is 3.75. The van der Waals surface area contributed by atoms with Crippen molar-refractivity contribution in [1.82, 2.24) is 0 Å². The molecule has 4 heteroatoms. The number of anilines is 1. The van der Waals surface area contributed by atoms with Crippen molar-refractivity contribution < 1.29 is 9.90 Å². The number of hydrogen-bond acceptors (Lipinski definition) is 2. The van der Waals surface area contributed by atoms with Gasteiger partial charge in [0.2, 0.25) is 5.91 Å². The molecular weight excluding hydrogens is 286 g/mol. The highest BCUT2D eigenvalue weighted by Gasteiger charge is 2.07. The molecule has 0 fully saturated rings. The van der Waals surface area contributed by atoms with Gasteiger partial charge in [-0.05, 0) is 36.6 Å². The lowest BCUT2D eigenvalue weighted by molar-refractivity contribution is -0.116. The van der Waals surface area contributed by atoms with E-state index in [1.165, 1.54) is 0 Å². The number of aryl methyl sites for hydroxylation is 2. The van der Waals surface area contributed by atoms with Gasteiger partial charge in [0, 0.05) is 22.7 Å². The number of aliphatic hydroxyl groups is 1. The molecule has 0 heterocycles. The first-order valence-electron chi connectivity index (χ1n) is 6.84. The molecule has 0 saturated heterocycles. The number of carbonyl (C=O) groups is 1. The van der Waals surface area contributed by atoms with Crippen LogP contribution in [0.2, 0.25) is 5.02 Å². The zero-order valence-electron chi connectivity index (χ0n) is 11.9. The molecule has 3 nitrogen and oxygen atoms in total. The van der Waals surface area contributed by atoms with Crippen molar-refractivity contribution in [3.05, 3.63) is 64.2 Å². The lowest BCUT2D eigenvalue weighted by Gasteiger charge is -2.09. The Labute approximate surface area is 129 Å². The van der Waals surface area contributed by atoms with Gasteiger partial charge in [-0.15, -0.1) is 0 Å². The molecule has 0 aliphatic carbocycles. The molecule has 0 aliphatic heterocycles. The molecule has 0 atom stereocenters. The molecule has 0 spiro atoms. The van der Waals surface area contributed by atoms with E-state index in [0.29, 0.717) is 24.1 Å². The fourth-order valence-electron chi connectivity index (χ4n) is 2.04. The topological polar surface area (TPSA) is 49.3 Å². The Hall–Kier alpha value is -1.84. The zero-order valence-corrected chi connectivity index (χ0v) is 12.7. The van der Waals surface area contributed by atoms with Crippen LogP contribution in [0.4, 0.5) is 5.69 Å². The number of carbonyl (C=O) groups excluding carboxylic acids is 1. The summed E-state index contributed by atoms with van der Waals surface area (Å²) in [6.07, 6.45) is 1.01. The van der Waals surface area contributed by atoms with Gasteiger partial charge in [0.15, 0.2) is 0 Å². The van der Waals surface area contributed by atoms with E-state index < -0.39 is 0 Å². The first kappa shape index (κ1) is 15.5. The third-order valence-electron chi connectivity index (χ3n) is 3.34. The molecule has 2 aromatic rings. The van der Waals surface area contributed by atoms with Gasteiger partial charge >= 0.3 is 0 Å². The number of rotatable bonds is 5. The summed E-state index contributed by atoms with van der Waals surface area (Å²) in [5.41, 5.74) is 3.44. The largest absolute Gasteiger partial charge is 0.392 e. The second-order valence-electron chi connectivity index (χ2n) is 4.95. The van der Waals surface area contributed by atoms with Crippen molar-refractivity contribution in [3.63, 3.8) is 0 Å². The van der Waals surface area contributed by atoms with Crippen LogP contribution in [0.3, 0.4) is 0 Å². The Morgan fingerprint density at radius 2 is 2.00 bits per heavy atom. The number of hydrogen-bond donors (Lipinski definition) is 2. The van der Waals surface area contributed by atoms with Crippen LogP contribution in [0.1, 0.15) is 23.1 Å². The molecule has 2 N–H and O–H groups in total. The molecule has 0 aliphatic rings. The van der Waals surface area contributed by atoms with Gasteiger partial charge in [-0.3, -0.25) is 4.79 Å². The van der Waals surface area contributed by atoms with E-state index in [2.05, 4.69) is 5.32 Å². The Bertz CT molecular complexity index is 640. The molecule has 0 radical (unpaired) electrons. The van der Waals surface area contributed by atoms with Crippen LogP contribution in [0.15, 0.2) is 42.5 Å². The number of para-hydroxylation sites is 1. The van der Waals surface area contributed by atoms with Crippen molar-refractivity contribution in [2.45, 2.75) is 26.4 Å². The quantitative estimate of drug-likeness (QED) is 0.884. The molecular formula is C17H18ClNO2. The van der Waals surface area contributed by atoms with E-state index >= 15 is 0 Å². The number of nitrogens with one attached hydrogen (secondary N) is 1. The smallest absolute Gasteiger partial charge is 0.224 e. The lowest BCUT2D eigenvalue weighted by Crippen LogP contribution is -2.13. The van der Waals surface area contributed by atoms with Crippen molar-refractivity contribution in [1.29, 1.82) is 0 Å². The predicted octanol–water partition coefficient (Wildman–Crippen LogP) is 3.71. The van der Waals surface area contributed by atoms with Gasteiger partial charge in [-0.1, -0.05) is 41.9 Å². The number of halogens is 1. The summed E-state index contributed by atoms with van der Waals surface area (Å²) < 4.78 is 0. The second kappa shape index (κ2) is 7.25. The molecule has 110 valence electrons. The summed E-state index contributed by atoms with van der Waals surface area (Å²) in [5, 5.41) is 12.8. The average molecular weight is 304 g/mol. The number of amides is 1. The summed E-state index contributed by atoms with van der Waals surface area (Å²) in [7, 11) is 0. The predicted molar refractivity (Wildman–Crippen MR) is 85.5 cm³/mol. The molecule has 0 unspecified atom stereocenters. The molecule has 0 saturated carbocycles. The molecule has 2 aromatic carbocycles. The minimum atomic E-state index is -0.0932. The highest BCUT2D eigenvalue weighted by molar-refractivity contribution is 6.31. The van der Waals surface area contributed by atoms with E-state index in [9.17, 15) is 9.90 Å². The van der Waals surface area contributed by atoms with E-state index in [4.69, 9.17) is 11.6 Å². The summed E-state index contributed by atoms with van der Waals surface area (Å²) >= 11 is 6.07. The van der Waals surface area contributed by atoms with Crippen LogP contribution in [0.5, 0.6) is 0 Å². The maximum absolute atomic E-state index is 12.0. The van der Waals surface area contributed by atoms with Crippen LogP contribution < -0.4 is 5.32 Å². The molecule has 1 amide bonds. The van der Waals surface area contributed by atoms with Crippen molar-refractivity contribution in [3.8, 4) is 0 Å². The summed E-state index contributed by atoms with van der Waals surface area (Å²) in [6, 6.07) is 13.1. The van der Waals surface area contributed by atoms with Gasteiger partial charge in [0.1, 0.15) is 0 Å². The lowest BCUT2D eigenvalue weighted by atomic mass is 10.1. The Morgan fingerprint density at radius 1 is 1.24 bits per heavy atom. The first-order chi connectivity index (χ1) is 10.1. The Morgan fingerprint density at radius 3 is 2.71 bits per heavy atom. The van der Waals surface area contributed by atoms with Gasteiger partial charge in [-0.25, -0.2) is 0 Å². The van der Waals surface area contributed by atoms with Crippen LogP contribution in [-0.4, -0.2) is 11.0 Å². The van der Waals surface area contributed by atoms with Gasteiger partial charge in [0.25, 0.3) is 0 Å². The Balaban J connectivity index is 1.94. The standard InChI is InChI=1S/C17H18ClNO2/c1-12-6-7-13(10-15(12)18)8-9-17(21)19-16-5-3-2-4-14(16)11-20/h2-7,10,20H,8-9,11H2,1H3,(H,19,21). The number of benzene rings is 2. The van der Waals surface area contributed by atoms with E-state index in [-0.39, 0.29) is 12.5 Å². The fraction of sp³-hybridized carbons (Fsp3) is 0.235. The van der Waals surface area contributed by atoms with E-state index in [1.54, 1.807) is 12.1 Å². The first-order valence-corrected chi connectivity index (χ1v) is 7.21. The SMILES string of the molecule is Cc1ccc(CCC(=O)Nc2ccccc2CO)cc1Cl.